The van der Waals surface area contributed by atoms with Crippen LogP contribution >= 0.6 is 0 Å². The Morgan fingerprint density at radius 2 is 1.96 bits per heavy atom. The van der Waals surface area contributed by atoms with Crippen LogP contribution in [0, 0.1) is 5.92 Å². The monoisotopic (exact) mass is 344 g/mol. The Labute approximate surface area is 149 Å². The Morgan fingerprint density at radius 1 is 1.24 bits per heavy atom. The van der Waals surface area contributed by atoms with Gasteiger partial charge in [-0.25, -0.2) is 4.79 Å². The summed E-state index contributed by atoms with van der Waals surface area (Å²) in [6.45, 7) is 7.27. The summed E-state index contributed by atoms with van der Waals surface area (Å²) in [7, 11) is 0. The fourth-order valence-electron chi connectivity index (χ4n) is 2.77. The van der Waals surface area contributed by atoms with Crippen molar-refractivity contribution in [2.75, 3.05) is 11.9 Å². The Balaban J connectivity index is 1.89. The summed E-state index contributed by atoms with van der Waals surface area (Å²) in [5.74, 6) is 0.560. The number of hydrogen-bond donors (Lipinski definition) is 3. The first kappa shape index (κ1) is 19.0. The first-order chi connectivity index (χ1) is 11.9. The number of carbonyl (C=O) groups excluding carboxylic acids is 1. The Bertz CT molecular complexity index is 652. The van der Waals surface area contributed by atoms with Gasteiger partial charge in [-0.1, -0.05) is 44.2 Å². The molecule has 3 N–H and O–H groups in total. The third kappa shape index (κ3) is 6.58. The zero-order valence-electron chi connectivity index (χ0n) is 15.1. The minimum atomic E-state index is -0.427. The molecule has 1 aromatic carbocycles. The number of urea groups is 1. The molecule has 2 unspecified atom stereocenters. The minimum absolute atomic E-state index is 0.0654. The van der Waals surface area contributed by atoms with Crippen LogP contribution < -0.4 is 10.6 Å². The number of aliphatic hydroxyl groups is 1. The first-order valence-electron chi connectivity index (χ1n) is 8.74. The highest BCUT2D eigenvalue weighted by molar-refractivity contribution is 5.88. The van der Waals surface area contributed by atoms with Crippen LogP contribution in [-0.4, -0.2) is 33.6 Å². The summed E-state index contributed by atoms with van der Waals surface area (Å²) >= 11 is 0. The second kappa shape index (κ2) is 9.22. The van der Waals surface area contributed by atoms with Gasteiger partial charge in [0, 0.05) is 25.2 Å². The van der Waals surface area contributed by atoms with E-state index in [0.717, 1.165) is 12.1 Å². The number of aliphatic hydroxyl groups excluding tert-OH is 1. The molecule has 2 amide bonds. The molecule has 0 radical (unpaired) electrons. The number of hydrogen-bond acceptors (Lipinski definition) is 3. The number of nitrogens with one attached hydrogen (secondary N) is 2. The summed E-state index contributed by atoms with van der Waals surface area (Å²) < 4.78 is 1.82. The maximum atomic E-state index is 12.1. The van der Waals surface area contributed by atoms with E-state index in [4.69, 9.17) is 0 Å². The maximum Gasteiger partial charge on any atom is 0.319 e. The molecule has 0 spiro atoms. The van der Waals surface area contributed by atoms with Crippen LogP contribution in [0.3, 0.4) is 0 Å². The van der Waals surface area contributed by atoms with Crippen molar-refractivity contribution >= 4 is 11.7 Å². The van der Waals surface area contributed by atoms with Crippen LogP contribution in [0.2, 0.25) is 0 Å². The van der Waals surface area contributed by atoms with E-state index in [1.54, 1.807) is 13.1 Å². The van der Waals surface area contributed by atoms with Gasteiger partial charge in [-0.15, -0.1) is 0 Å². The van der Waals surface area contributed by atoms with Crippen LogP contribution in [0.25, 0.3) is 0 Å². The summed E-state index contributed by atoms with van der Waals surface area (Å²) in [6, 6.07) is 9.65. The Kier molecular flexibility index (Phi) is 7.01. The number of amides is 2. The predicted molar refractivity (Wildman–Crippen MR) is 99.6 cm³/mol. The van der Waals surface area contributed by atoms with Crippen molar-refractivity contribution in [1.82, 2.24) is 15.1 Å². The van der Waals surface area contributed by atoms with Gasteiger partial charge in [0.2, 0.25) is 0 Å². The summed E-state index contributed by atoms with van der Waals surface area (Å²) in [5, 5.41) is 19.6. The molecule has 25 heavy (non-hydrogen) atoms. The van der Waals surface area contributed by atoms with Crippen molar-refractivity contribution in [3.05, 3.63) is 48.3 Å². The molecular weight excluding hydrogens is 316 g/mol. The van der Waals surface area contributed by atoms with Crippen molar-refractivity contribution in [1.29, 1.82) is 0 Å². The molecule has 0 fully saturated rings. The quantitative estimate of drug-likeness (QED) is 0.688. The molecule has 1 aromatic heterocycles. The smallest absolute Gasteiger partial charge is 0.319 e. The third-order valence-electron chi connectivity index (χ3n) is 3.85. The largest absolute Gasteiger partial charge is 0.393 e. The predicted octanol–water partition coefficient (Wildman–Crippen LogP) is 3.22. The van der Waals surface area contributed by atoms with Crippen LogP contribution in [0.1, 0.15) is 38.7 Å². The number of carbonyl (C=O) groups is 1. The molecule has 2 aromatic rings. The highest BCUT2D eigenvalue weighted by Gasteiger charge is 2.15. The van der Waals surface area contributed by atoms with Gasteiger partial charge in [-0.05, 0) is 24.8 Å². The topological polar surface area (TPSA) is 79.2 Å². The van der Waals surface area contributed by atoms with E-state index < -0.39 is 6.10 Å². The number of benzene rings is 1. The second-order valence-corrected chi connectivity index (χ2v) is 6.87. The lowest BCUT2D eigenvalue weighted by molar-refractivity contribution is 0.173. The fraction of sp³-hybridized carbons (Fsp3) is 0.474. The van der Waals surface area contributed by atoms with Gasteiger partial charge in [-0.3, -0.25) is 4.68 Å². The average Bonchev–Trinajstić information content (AvgIpc) is 2.98. The van der Waals surface area contributed by atoms with Crippen LogP contribution in [-0.2, 0) is 6.54 Å². The summed E-state index contributed by atoms with van der Waals surface area (Å²) in [4.78, 5) is 12.1. The molecule has 6 heteroatoms. The normalized spacial score (nSPS) is 13.5. The Hall–Kier alpha value is -2.34. The standard InChI is InChI=1S/C19H28N4O2/c1-14(2)12-23-13-18(11-21-23)22-19(25)20-10-17(9-15(3)24)16-7-5-4-6-8-16/h4-8,11,13-15,17,24H,9-10,12H2,1-3H3,(H2,20,22,25). The van der Waals surface area contributed by atoms with E-state index >= 15 is 0 Å². The lowest BCUT2D eigenvalue weighted by Gasteiger charge is -2.19. The summed E-state index contributed by atoms with van der Waals surface area (Å²) in [5.41, 5.74) is 1.78. The molecule has 0 aliphatic carbocycles. The molecule has 0 saturated heterocycles. The van der Waals surface area contributed by atoms with Crippen molar-refractivity contribution in [2.24, 2.45) is 5.92 Å². The maximum absolute atomic E-state index is 12.1. The molecule has 2 atom stereocenters. The fourth-order valence-corrected chi connectivity index (χ4v) is 2.77. The molecule has 1 heterocycles. The lowest BCUT2D eigenvalue weighted by Crippen LogP contribution is -2.33. The molecule has 0 bridgehead atoms. The first-order valence-corrected chi connectivity index (χ1v) is 8.74. The summed E-state index contributed by atoms with van der Waals surface area (Å²) in [6.07, 6.45) is 3.64. The highest BCUT2D eigenvalue weighted by Crippen LogP contribution is 2.20. The van der Waals surface area contributed by atoms with Crippen molar-refractivity contribution < 1.29 is 9.90 Å². The van der Waals surface area contributed by atoms with E-state index in [2.05, 4.69) is 29.6 Å². The lowest BCUT2D eigenvalue weighted by atomic mass is 9.93. The van der Waals surface area contributed by atoms with Crippen molar-refractivity contribution in [3.63, 3.8) is 0 Å². The molecule has 6 nitrogen and oxygen atoms in total. The van der Waals surface area contributed by atoms with E-state index in [-0.39, 0.29) is 11.9 Å². The van der Waals surface area contributed by atoms with Crippen molar-refractivity contribution in [3.8, 4) is 0 Å². The van der Waals surface area contributed by atoms with Gasteiger partial charge >= 0.3 is 6.03 Å². The number of rotatable bonds is 8. The van der Waals surface area contributed by atoms with E-state index in [1.165, 1.54) is 0 Å². The van der Waals surface area contributed by atoms with Crippen LogP contribution in [0.15, 0.2) is 42.7 Å². The van der Waals surface area contributed by atoms with Gasteiger partial charge in [0.15, 0.2) is 0 Å². The zero-order chi connectivity index (χ0) is 18.2. The van der Waals surface area contributed by atoms with Crippen LogP contribution in [0.5, 0.6) is 0 Å². The van der Waals surface area contributed by atoms with Gasteiger partial charge in [-0.2, -0.15) is 5.10 Å². The van der Waals surface area contributed by atoms with Gasteiger partial charge in [0.05, 0.1) is 18.0 Å². The van der Waals surface area contributed by atoms with Gasteiger partial charge in [0.1, 0.15) is 0 Å². The highest BCUT2D eigenvalue weighted by atomic mass is 16.3. The molecule has 0 aliphatic rings. The SMILES string of the molecule is CC(C)Cn1cc(NC(=O)NCC(CC(C)O)c2ccccc2)cn1. The molecule has 2 rings (SSSR count). The number of aromatic nitrogens is 2. The van der Waals surface area contributed by atoms with Crippen molar-refractivity contribution in [2.45, 2.75) is 45.8 Å². The van der Waals surface area contributed by atoms with Gasteiger partial charge < -0.3 is 15.7 Å². The zero-order valence-corrected chi connectivity index (χ0v) is 15.1. The average molecular weight is 344 g/mol. The van der Waals surface area contributed by atoms with Gasteiger partial charge in [0.25, 0.3) is 0 Å². The van der Waals surface area contributed by atoms with E-state index in [9.17, 15) is 9.90 Å². The molecule has 0 aliphatic heterocycles. The molecule has 0 saturated carbocycles. The number of anilines is 1. The van der Waals surface area contributed by atoms with E-state index in [0.29, 0.717) is 24.6 Å². The van der Waals surface area contributed by atoms with E-state index in [1.807, 2.05) is 41.2 Å². The molecule has 136 valence electrons. The molecular formula is C19H28N4O2. The third-order valence-corrected chi connectivity index (χ3v) is 3.85. The number of nitrogens with zero attached hydrogens (tertiary/aromatic N) is 2. The Morgan fingerprint density at radius 3 is 2.60 bits per heavy atom. The minimum Gasteiger partial charge on any atom is -0.393 e. The van der Waals surface area contributed by atoms with Crippen LogP contribution in [0.4, 0.5) is 10.5 Å². The second-order valence-electron chi connectivity index (χ2n) is 6.87.